The van der Waals surface area contributed by atoms with Crippen LogP contribution in [0.15, 0.2) is 48.5 Å². The second-order valence-electron chi connectivity index (χ2n) is 4.61. The van der Waals surface area contributed by atoms with Gasteiger partial charge in [-0.25, -0.2) is 0 Å². The van der Waals surface area contributed by atoms with Crippen molar-refractivity contribution in [3.05, 3.63) is 48.5 Å². The van der Waals surface area contributed by atoms with Gasteiger partial charge in [-0.05, 0) is 12.1 Å². The molecule has 0 atom stereocenters. The maximum Gasteiger partial charge on any atom is 0.251 e. The van der Waals surface area contributed by atoms with Crippen molar-refractivity contribution in [3.63, 3.8) is 0 Å². The van der Waals surface area contributed by atoms with E-state index in [9.17, 15) is 0 Å². The molecule has 0 radical (unpaired) electrons. The van der Waals surface area contributed by atoms with Gasteiger partial charge >= 0.3 is 0 Å². The van der Waals surface area contributed by atoms with Crippen molar-refractivity contribution in [1.82, 2.24) is 0 Å². The van der Waals surface area contributed by atoms with Crippen LogP contribution in [-0.2, 0) is 0 Å². The lowest BCUT2D eigenvalue weighted by Gasteiger charge is -2.17. The minimum atomic E-state index is -0.400. The van der Waals surface area contributed by atoms with E-state index in [1.165, 1.54) is 0 Å². The lowest BCUT2D eigenvalue weighted by molar-refractivity contribution is -0.0175. The first kappa shape index (κ1) is 9.11. The predicted octanol–water partition coefficient (Wildman–Crippen LogP) is 3.61. The highest BCUT2D eigenvalue weighted by atomic mass is 16.7. The molecule has 0 unspecified atom stereocenters. The van der Waals surface area contributed by atoms with Gasteiger partial charge in [0.05, 0.1) is 0 Å². The van der Waals surface area contributed by atoms with E-state index in [4.69, 9.17) is 9.47 Å². The number of hydrogen-bond acceptors (Lipinski definition) is 2. The smallest absolute Gasteiger partial charge is 0.251 e. The Morgan fingerprint density at radius 3 is 1.65 bits per heavy atom. The summed E-state index contributed by atoms with van der Waals surface area (Å²) in [6, 6.07) is 16.3. The van der Waals surface area contributed by atoms with E-state index in [0.717, 1.165) is 35.5 Å². The van der Waals surface area contributed by atoms with E-state index in [0.29, 0.717) is 0 Å². The van der Waals surface area contributed by atoms with Crippen LogP contribution in [0.1, 0.15) is 12.8 Å². The summed E-state index contributed by atoms with van der Waals surface area (Å²) in [7, 11) is 0. The van der Waals surface area contributed by atoms with Gasteiger partial charge in [0.1, 0.15) is 11.5 Å². The zero-order valence-electron chi connectivity index (χ0n) is 9.35. The maximum atomic E-state index is 6.02. The fourth-order valence-corrected chi connectivity index (χ4v) is 2.28. The molecule has 17 heavy (non-hydrogen) atoms. The Bertz CT molecular complexity index is 535. The van der Waals surface area contributed by atoms with Crippen molar-refractivity contribution in [1.29, 1.82) is 0 Å². The fraction of sp³-hybridized carbons (Fsp3) is 0.200. The summed E-state index contributed by atoms with van der Waals surface area (Å²) in [5.41, 5.74) is 2.23. The van der Waals surface area contributed by atoms with Crippen LogP contribution in [0.4, 0.5) is 0 Å². The zero-order chi connectivity index (χ0) is 11.3. The molecule has 0 N–H and O–H groups in total. The average Bonchev–Trinajstić information content (AvgIpc) is 3.13. The molecular formula is C15H12O2. The fourth-order valence-electron chi connectivity index (χ4n) is 2.28. The summed E-state index contributed by atoms with van der Waals surface area (Å²) >= 11 is 0. The van der Waals surface area contributed by atoms with E-state index in [2.05, 4.69) is 12.1 Å². The molecule has 4 rings (SSSR count). The van der Waals surface area contributed by atoms with Gasteiger partial charge in [-0.1, -0.05) is 36.4 Å². The van der Waals surface area contributed by atoms with E-state index < -0.39 is 5.79 Å². The molecule has 0 amide bonds. The highest BCUT2D eigenvalue weighted by molar-refractivity contribution is 5.76. The van der Waals surface area contributed by atoms with Crippen LogP contribution >= 0.6 is 0 Å². The lowest BCUT2D eigenvalue weighted by Crippen LogP contribution is -2.24. The summed E-state index contributed by atoms with van der Waals surface area (Å²) in [5, 5.41) is 0. The molecule has 1 aliphatic carbocycles. The van der Waals surface area contributed by atoms with Crippen molar-refractivity contribution in [2.75, 3.05) is 0 Å². The topological polar surface area (TPSA) is 18.5 Å². The summed E-state index contributed by atoms with van der Waals surface area (Å²) in [6.07, 6.45) is 1.94. The van der Waals surface area contributed by atoms with Crippen LogP contribution in [0.2, 0.25) is 0 Å². The second-order valence-corrected chi connectivity index (χ2v) is 4.61. The lowest BCUT2D eigenvalue weighted by atomic mass is 10.0. The molecule has 0 saturated heterocycles. The van der Waals surface area contributed by atoms with Gasteiger partial charge in [0.25, 0.3) is 5.79 Å². The number of hydrogen-bond donors (Lipinski definition) is 0. The minimum Gasteiger partial charge on any atom is -0.452 e. The third-order valence-corrected chi connectivity index (χ3v) is 3.31. The van der Waals surface area contributed by atoms with Crippen molar-refractivity contribution in [2.45, 2.75) is 18.6 Å². The molecule has 0 bridgehead atoms. The first-order valence-electron chi connectivity index (χ1n) is 5.93. The minimum absolute atomic E-state index is 0.400. The Morgan fingerprint density at radius 1 is 0.706 bits per heavy atom. The molecule has 2 nitrogen and oxygen atoms in total. The molecule has 2 aliphatic rings. The van der Waals surface area contributed by atoms with Gasteiger partial charge in [0, 0.05) is 24.0 Å². The first-order chi connectivity index (χ1) is 8.36. The van der Waals surface area contributed by atoms with Crippen LogP contribution in [0, 0.1) is 0 Å². The second kappa shape index (κ2) is 3.04. The van der Waals surface area contributed by atoms with E-state index in [-0.39, 0.29) is 0 Å². The van der Waals surface area contributed by atoms with Gasteiger partial charge in [-0.15, -0.1) is 0 Å². The number of para-hydroxylation sites is 2. The Labute approximate surface area is 99.8 Å². The predicted molar refractivity (Wildman–Crippen MR) is 65.1 cm³/mol. The van der Waals surface area contributed by atoms with E-state index >= 15 is 0 Å². The molecule has 0 aromatic heterocycles. The Hall–Kier alpha value is -1.96. The number of benzene rings is 2. The number of ether oxygens (including phenoxy) is 2. The van der Waals surface area contributed by atoms with Crippen LogP contribution < -0.4 is 9.47 Å². The Balaban J connectivity index is 2.00. The zero-order valence-corrected chi connectivity index (χ0v) is 9.35. The molecule has 1 fully saturated rings. The van der Waals surface area contributed by atoms with Crippen LogP contribution in [0.3, 0.4) is 0 Å². The molecule has 2 aromatic carbocycles. The van der Waals surface area contributed by atoms with Gasteiger partial charge in [0.2, 0.25) is 0 Å². The Morgan fingerprint density at radius 2 is 1.18 bits per heavy atom. The van der Waals surface area contributed by atoms with E-state index in [1.54, 1.807) is 0 Å². The Kier molecular flexibility index (Phi) is 1.63. The van der Waals surface area contributed by atoms with Gasteiger partial charge < -0.3 is 9.47 Å². The summed E-state index contributed by atoms with van der Waals surface area (Å²) in [4.78, 5) is 0. The normalized spacial score (nSPS) is 18.4. The van der Waals surface area contributed by atoms with Crippen molar-refractivity contribution in [2.24, 2.45) is 0 Å². The molecule has 84 valence electrons. The van der Waals surface area contributed by atoms with Crippen molar-refractivity contribution in [3.8, 4) is 22.6 Å². The standard InChI is InChI=1S/C15H12O2/c1-3-7-13-11(5-1)12-6-2-4-8-14(12)17-15(16-13)9-10-15/h1-8H,9-10H2. The number of rotatable bonds is 0. The molecule has 2 aromatic rings. The average molecular weight is 224 g/mol. The molecule has 1 aliphatic heterocycles. The molecule has 1 spiro atoms. The highest BCUT2D eigenvalue weighted by Crippen LogP contribution is 2.49. The summed E-state index contributed by atoms with van der Waals surface area (Å²) in [6.45, 7) is 0. The van der Waals surface area contributed by atoms with Gasteiger partial charge in [0.15, 0.2) is 0 Å². The third-order valence-electron chi connectivity index (χ3n) is 3.31. The maximum absolute atomic E-state index is 6.02. The monoisotopic (exact) mass is 224 g/mol. The quantitative estimate of drug-likeness (QED) is 0.680. The van der Waals surface area contributed by atoms with Gasteiger partial charge in [-0.3, -0.25) is 0 Å². The SMILES string of the molecule is c1ccc2c(c1)OC1(CC1)Oc1ccccc1-2. The molecule has 1 heterocycles. The van der Waals surface area contributed by atoms with Crippen molar-refractivity contribution < 1.29 is 9.47 Å². The van der Waals surface area contributed by atoms with Gasteiger partial charge in [-0.2, -0.15) is 0 Å². The summed E-state index contributed by atoms with van der Waals surface area (Å²) in [5.74, 6) is 1.45. The summed E-state index contributed by atoms with van der Waals surface area (Å²) < 4.78 is 12.0. The van der Waals surface area contributed by atoms with E-state index in [1.807, 2.05) is 36.4 Å². The van der Waals surface area contributed by atoms with Crippen LogP contribution in [-0.4, -0.2) is 5.79 Å². The van der Waals surface area contributed by atoms with Crippen molar-refractivity contribution >= 4 is 0 Å². The largest absolute Gasteiger partial charge is 0.452 e. The molecular weight excluding hydrogens is 212 g/mol. The first-order valence-corrected chi connectivity index (χ1v) is 5.93. The number of fused-ring (bicyclic) bond motifs is 3. The highest BCUT2D eigenvalue weighted by Gasteiger charge is 2.50. The molecule has 1 saturated carbocycles. The third kappa shape index (κ3) is 1.34. The van der Waals surface area contributed by atoms with Crippen LogP contribution in [0.25, 0.3) is 11.1 Å². The van der Waals surface area contributed by atoms with Crippen LogP contribution in [0.5, 0.6) is 11.5 Å². The molecule has 2 heteroatoms.